The van der Waals surface area contributed by atoms with E-state index in [0.29, 0.717) is 11.4 Å². The van der Waals surface area contributed by atoms with Gasteiger partial charge in [-0.25, -0.2) is 4.39 Å². The maximum Gasteiger partial charge on any atom is 0.161 e. The first-order valence-electron chi connectivity index (χ1n) is 6.62. The number of nitrogens with one attached hydrogen (secondary N) is 1. The summed E-state index contributed by atoms with van der Waals surface area (Å²) in [5.74, 6) is 1.15. The molecule has 1 aliphatic rings. The Hall–Kier alpha value is -2.01. The summed E-state index contributed by atoms with van der Waals surface area (Å²) in [4.78, 5) is 4.61. The normalized spacial score (nSPS) is 17.4. The van der Waals surface area contributed by atoms with E-state index in [1.807, 2.05) is 18.2 Å². The van der Waals surface area contributed by atoms with E-state index >= 15 is 0 Å². The van der Waals surface area contributed by atoms with Gasteiger partial charge in [0.1, 0.15) is 11.6 Å². The van der Waals surface area contributed by atoms with E-state index in [-0.39, 0.29) is 11.9 Å². The van der Waals surface area contributed by atoms with Crippen molar-refractivity contribution < 1.29 is 9.13 Å². The third kappa shape index (κ3) is 3.19. The molecular formula is C16H15FN2OS. The van der Waals surface area contributed by atoms with Gasteiger partial charge in [0.05, 0.1) is 18.8 Å². The molecule has 0 bridgehead atoms. The van der Waals surface area contributed by atoms with Crippen molar-refractivity contribution in [1.82, 2.24) is 0 Å². The standard InChI is InChI=1S/C16H15FN2OS/c1-20-12-7-8-13(17)14(9-12)18-16-19-15(10-21-16)11-5-3-2-4-6-11/h2-9,15H,10H2,1H3,(H,18,19). The molecule has 1 aliphatic heterocycles. The quantitative estimate of drug-likeness (QED) is 0.927. The highest BCUT2D eigenvalue weighted by Gasteiger charge is 2.20. The van der Waals surface area contributed by atoms with Gasteiger partial charge in [-0.2, -0.15) is 0 Å². The van der Waals surface area contributed by atoms with Crippen LogP contribution in [0.2, 0.25) is 0 Å². The lowest BCUT2D eigenvalue weighted by molar-refractivity contribution is 0.414. The van der Waals surface area contributed by atoms with Gasteiger partial charge in [-0.3, -0.25) is 4.99 Å². The van der Waals surface area contributed by atoms with Gasteiger partial charge in [-0.15, -0.1) is 0 Å². The van der Waals surface area contributed by atoms with E-state index in [0.717, 1.165) is 10.9 Å². The summed E-state index contributed by atoms with van der Waals surface area (Å²) in [5, 5.41) is 3.77. The topological polar surface area (TPSA) is 33.6 Å². The Morgan fingerprint density at radius 2 is 2.05 bits per heavy atom. The molecule has 0 amide bonds. The minimum Gasteiger partial charge on any atom is -0.497 e. The number of thioether (sulfide) groups is 1. The van der Waals surface area contributed by atoms with Crippen LogP contribution in [-0.2, 0) is 0 Å². The maximum absolute atomic E-state index is 13.8. The first-order valence-corrected chi connectivity index (χ1v) is 7.61. The van der Waals surface area contributed by atoms with Gasteiger partial charge in [0, 0.05) is 11.8 Å². The van der Waals surface area contributed by atoms with Crippen LogP contribution in [0.3, 0.4) is 0 Å². The lowest BCUT2D eigenvalue weighted by atomic mass is 10.1. The Labute approximate surface area is 127 Å². The number of hydrogen-bond donors (Lipinski definition) is 1. The molecule has 108 valence electrons. The number of rotatable bonds is 3. The van der Waals surface area contributed by atoms with Gasteiger partial charge in [0.15, 0.2) is 5.17 Å². The second-order valence-electron chi connectivity index (χ2n) is 4.64. The maximum atomic E-state index is 13.8. The van der Waals surface area contributed by atoms with E-state index in [9.17, 15) is 4.39 Å². The van der Waals surface area contributed by atoms with Crippen LogP contribution in [0.25, 0.3) is 0 Å². The predicted molar refractivity (Wildman–Crippen MR) is 85.7 cm³/mol. The Kier molecular flexibility index (Phi) is 4.10. The molecule has 1 unspecified atom stereocenters. The SMILES string of the molecule is COc1ccc(F)c(NC2=NC(c3ccccc3)CS2)c1. The van der Waals surface area contributed by atoms with E-state index < -0.39 is 0 Å². The number of methoxy groups -OCH3 is 1. The van der Waals surface area contributed by atoms with Gasteiger partial charge in [-0.05, 0) is 17.7 Å². The molecule has 3 nitrogen and oxygen atoms in total. The molecule has 2 aromatic carbocycles. The highest BCUT2D eigenvalue weighted by molar-refractivity contribution is 8.14. The number of nitrogens with zero attached hydrogens (tertiary/aromatic N) is 1. The van der Waals surface area contributed by atoms with Crippen LogP contribution in [0, 0.1) is 5.82 Å². The molecule has 0 aromatic heterocycles. The number of hydrogen-bond acceptors (Lipinski definition) is 4. The molecule has 0 spiro atoms. The largest absolute Gasteiger partial charge is 0.497 e. The fourth-order valence-corrected chi connectivity index (χ4v) is 3.10. The summed E-state index contributed by atoms with van der Waals surface area (Å²) in [6.45, 7) is 0. The van der Waals surface area contributed by atoms with Gasteiger partial charge in [0.25, 0.3) is 0 Å². The molecule has 5 heteroatoms. The van der Waals surface area contributed by atoms with E-state index in [1.54, 1.807) is 31.0 Å². The van der Waals surface area contributed by atoms with Gasteiger partial charge in [0.2, 0.25) is 0 Å². The number of benzene rings is 2. The molecule has 0 radical (unpaired) electrons. The summed E-state index contributed by atoms with van der Waals surface area (Å²) in [7, 11) is 1.56. The Bertz CT molecular complexity index is 661. The van der Waals surface area contributed by atoms with E-state index in [2.05, 4.69) is 22.4 Å². The monoisotopic (exact) mass is 302 g/mol. The highest BCUT2D eigenvalue weighted by atomic mass is 32.2. The molecule has 1 N–H and O–H groups in total. The second kappa shape index (κ2) is 6.18. The van der Waals surface area contributed by atoms with Crippen molar-refractivity contribution in [2.24, 2.45) is 4.99 Å². The molecule has 1 atom stereocenters. The van der Waals surface area contributed by atoms with Crippen LogP contribution >= 0.6 is 11.8 Å². The van der Waals surface area contributed by atoms with Crippen LogP contribution in [0.5, 0.6) is 5.75 Å². The van der Waals surface area contributed by atoms with Crippen LogP contribution in [0.1, 0.15) is 11.6 Å². The fraction of sp³-hybridized carbons (Fsp3) is 0.188. The molecular weight excluding hydrogens is 287 g/mol. The molecule has 2 aromatic rings. The van der Waals surface area contributed by atoms with Crippen molar-refractivity contribution in [3.63, 3.8) is 0 Å². The fourth-order valence-electron chi connectivity index (χ4n) is 2.13. The predicted octanol–water partition coefficient (Wildman–Crippen LogP) is 4.09. The van der Waals surface area contributed by atoms with Crippen LogP contribution in [-0.4, -0.2) is 18.0 Å². The first-order chi connectivity index (χ1) is 10.3. The average molecular weight is 302 g/mol. The Morgan fingerprint density at radius 3 is 2.81 bits per heavy atom. The summed E-state index contributed by atoms with van der Waals surface area (Å²) < 4.78 is 18.9. The van der Waals surface area contributed by atoms with E-state index in [4.69, 9.17) is 4.74 Å². The highest BCUT2D eigenvalue weighted by Crippen LogP contribution is 2.31. The molecule has 0 aliphatic carbocycles. The summed E-state index contributed by atoms with van der Waals surface area (Å²) in [5.41, 5.74) is 1.56. The van der Waals surface area contributed by atoms with Crippen LogP contribution < -0.4 is 10.1 Å². The minimum atomic E-state index is -0.317. The molecule has 3 rings (SSSR count). The Balaban J connectivity index is 1.77. The number of anilines is 1. The molecule has 0 fully saturated rings. The van der Waals surface area contributed by atoms with Gasteiger partial charge < -0.3 is 10.1 Å². The summed E-state index contributed by atoms with van der Waals surface area (Å²) in [6.07, 6.45) is 0. The summed E-state index contributed by atoms with van der Waals surface area (Å²) in [6, 6.07) is 14.8. The van der Waals surface area contributed by atoms with E-state index in [1.165, 1.54) is 11.6 Å². The third-order valence-electron chi connectivity index (χ3n) is 3.25. The van der Waals surface area contributed by atoms with Crippen molar-refractivity contribution in [3.05, 3.63) is 59.9 Å². The minimum absolute atomic E-state index is 0.118. The smallest absolute Gasteiger partial charge is 0.161 e. The molecule has 0 saturated carbocycles. The van der Waals surface area contributed by atoms with Crippen molar-refractivity contribution in [2.75, 3.05) is 18.2 Å². The number of amidine groups is 1. The van der Waals surface area contributed by atoms with Gasteiger partial charge >= 0.3 is 0 Å². The number of halogens is 1. The molecule has 0 saturated heterocycles. The molecule has 1 heterocycles. The van der Waals surface area contributed by atoms with Crippen LogP contribution in [0.15, 0.2) is 53.5 Å². The zero-order valence-electron chi connectivity index (χ0n) is 11.5. The first kappa shape index (κ1) is 13.9. The summed E-state index contributed by atoms with van der Waals surface area (Å²) >= 11 is 1.59. The number of ether oxygens (including phenoxy) is 1. The third-order valence-corrected chi connectivity index (χ3v) is 4.21. The van der Waals surface area contributed by atoms with Crippen LogP contribution in [0.4, 0.5) is 10.1 Å². The van der Waals surface area contributed by atoms with Crippen molar-refractivity contribution >= 4 is 22.6 Å². The second-order valence-corrected chi connectivity index (χ2v) is 5.65. The molecule has 21 heavy (non-hydrogen) atoms. The Morgan fingerprint density at radius 1 is 1.24 bits per heavy atom. The zero-order valence-corrected chi connectivity index (χ0v) is 12.4. The number of aliphatic imine (C=N–C) groups is 1. The lowest BCUT2D eigenvalue weighted by Gasteiger charge is -2.08. The van der Waals surface area contributed by atoms with Crippen molar-refractivity contribution in [2.45, 2.75) is 6.04 Å². The van der Waals surface area contributed by atoms with Gasteiger partial charge in [-0.1, -0.05) is 42.1 Å². The lowest BCUT2D eigenvalue weighted by Crippen LogP contribution is -2.06. The van der Waals surface area contributed by atoms with Crippen molar-refractivity contribution in [3.8, 4) is 5.75 Å². The average Bonchev–Trinajstić information content (AvgIpc) is 2.99. The van der Waals surface area contributed by atoms with Crippen molar-refractivity contribution in [1.29, 1.82) is 0 Å². The zero-order chi connectivity index (χ0) is 14.7.